The fourth-order valence-corrected chi connectivity index (χ4v) is 2.34. The van der Waals surface area contributed by atoms with Gasteiger partial charge in [0.15, 0.2) is 11.5 Å². The third-order valence-corrected chi connectivity index (χ3v) is 3.59. The molecule has 0 fully saturated rings. The van der Waals surface area contributed by atoms with Crippen molar-refractivity contribution in [2.45, 2.75) is 0 Å². The quantitative estimate of drug-likeness (QED) is 0.630. The number of halogens is 1. The van der Waals surface area contributed by atoms with Gasteiger partial charge in [-0.3, -0.25) is 9.00 Å². The lowest BCUT2D eigenvalue weighted by atomic mass is 10.4. The number of rotatable bonds is 5. The lowest BCUT2D eigenvalue weighted by molar-refractivity contribution is 0.584. The minimum atomic E-state index is -2.22. The lowest BCUT2D eigenvalue weighted by Crippen LogP contribution is -2.27. The summed E-state index contributed by atoms with van der Waals surface area (Å²) >= 11 is 3.23. The van der Waals surface area contributed by atoms with Crippen molar-refractivity contribution in [1.82, 2.24) is 4.72 Å². The highest BCUT2D eigenvalue weighted by Gasteiger charge is 2.11. The maximum atomic E-state index is 11.7. The van der Waals surface area contributed by atoms with E-state index in [9.17, 15) is 9.00 Å². The van der Waals surface area contributed by atoms with Crippen molar-refractivity contribution in [3.63, 3.8) is 0 Å². The summed E-state index contributed by atoms with van der Waals surface area (Å²) in [6.45, 7) is 0.886. The zero-order valence-electron chi connectivity index (χ0n) is 10.2. The number of hydrogen-bond acceptors (Lipinski definition) is 5. The first-order valence-electron chi connectivity index (χ1n) is 5.38. The van der Waals surface area contributed by atoms with Crippen molar-refractivity contribution >= 4 is 48.6 Å². The van der Waals surface area contributed by atoms with Crippen LogP contribution in [-0.2, 0) is 9.71 Å². The van der Waals surface area contributed by atoms with Gasteiger partial charge < -0.3 is 14.2 Å². The number of nitrogens with one attached hydrogen (secondary N) is 2. The number of furan rings is 1. The van der Waals surface area contributed by atoms with E-state index >= 15 is 0 Å². The second-order valence-electron chi connectivity index (χ2n) is 4.04. The van der Waals surface area contributed by atoms with Gasteiger partial charge in [-0.05, 0) is 21.8 Å². The average molecular weight is 349 g/mol. The first-order valence-corrected chi connectivity index (χ1v) is 8.31. The van der Waals surface area contributed by atoms with Gasteiger partial charge in [0, 0.05) is 35.1 Å². The van der Waals surface area contributed by atoms with Crippen molar-refractivity contribution in [2.24, 2.45) is 0 Å². The number of hydrogen-bond donors (Lipinski definition) is 2. The topological polar surface area (TPSA) is 84.5 Å². The van der Waals surface area contributed by atoms with Crippen molar-refractivity contribution < 1.29 is 13.0 Å². The Morgan fingerprint density at radius 3 is 2.84 bits per heavy atom. The fourth-order valence-electron chi connectivity index (χ4n) is 1.46. The molecule has 0 aliphatic heterocycles. The van der Waals surface area contributed by atoms with Crippen LogP contribution in [0, 0.1) is 0 Å². The predicted octanol–water partition coefficient (Wildman–Crippen LogP) is 1.41. The Morgan fingerprint density at radius 1 is 1.42 bits per heavy atom. The van der Waals surface area contributed by atoms with E-state index in [2.05, 4.69) is 31.8 Å². The Balaban J connectivity index is 2.09. The van der Waals surface area contributed by atoms with E-state index in [1.165, 1.54) is 18.6 Å². The van der Waals surface area contributed by atoms with Gasteiger partial charge in [0.2, 0.25) is 11.0 Å². The van der Waals surface area contributed by atoms with Crippen LogP contribution in [-0.4, -0.2) is 29.4 Å². The van der Waals surface area contributed by atoms with Crippen LogP contribution in [0.2, 0.25) is 0 Å². The molecule has 0 aliphatic carbocycles. The standard InChI is InChI=1S/C11H13BrN2O4S/c1-19(2,16)14-4-3-13-9-5-8(15)11-10(18-9)7(12)6-17-11/h5-6,13H,1,3-4H2,2H3,(H,14,16). The van der Waals surface area contributed by atoms with E-state index < -0.39 is 9.71 Å². The molecule has 1 unspecified atom stereocenters. The van der Waals surface area contributed by atoms with Crippen LogP contribution in [0.5, 0.6) is 0 Å². The van der Waals surface area contributed by atoms with Gasteiger partial charge in [0.1, 0.15) is 6.26 Å². The molecular weight excluding hydrogens is 336 g/mol. The molecule has 6 nitrogen and oxygen atoms in total. The molecule has 0 amide bonds. The van der Waals surface area contributed by atoms with Crippen LogP contribution in [0.4, 0.5) is 5.88 Å². The normalized spacial score (nSPS) is 14.4. The van der Waals surface area contributed by atoms with E-state index in [1.807, 2.05) is 0 Å². The van der Waals surface area contributed by atoms with Crippen molar-refractivity contribution in [3.8, 4) is 0 Å². The van der Waals surface area contributed by atoms with E-state index in [0.29, 0.717) is 29.0 Å². The van der Waals surface area contributed by atoms with E-state index in [0.717, 1.165) is 0 Å². The minimum absolute atomic E-state index is 0.171. The van der Waals surface area contributed by atoms with Gasteiger partial charge in [0.05, 0.1) is 4.47 Å². The van der Waals surface area contributed by atoms with Crippen LogP contribution in [0.3, 0.4) is 0 Å². The van der Waals surface area contributed by atoms with Crippen molar-refractivity contribution in [3.05, 3.63) is 27.0 Å². The predicted molar refractivity (Wildman–Crippen MR) is 80.1 cm³/mol. The average Bonchev–Trinajstić information content (AvgIpc) is 2.66. The summed E-state index contributed by atoms with van der Waals surface area (Å²) < 4.78 is 25.2. The largest absolute Gasteiger partial charge is 0.456 e. The second kappa shape index (κ2) is 5.40. The Kier molecular flexibility index (Phi) is 4.02. The lowest BCUT2D eigenvalue weighted by Gasteiger charge is -2.07. The summed E-state index contributed by atoms with van der Waals surface area (Å²) in [4.78, 5) is 11.7. The van der Waals surface area contributed by atoms with E-state index in [4.69, 9.17) is 8.83 Å². The molecule has 0 saturated carbocycles. The minimum Gasteiger partial charge on any atom is -0.456 e. The fraction of sp³-hybridized carbons (Fsp3) is 0.273. The van der Waals surface area contributed by atoms with Crippen LogP contribution < -0.4 is 15.5 Å². The van der Waals surface area contributed by atoms with Crippen LogP contribution >= 0.6 is 15.9 Å². The van der Waals surface area contributed by atoms with Crippen molar-refractivity contribution in [2.75, 3.05) is 24.7 Å². The third-order valence-electron chi connectivity index (χ3n) is 2.23. The van der Waals surface area contributed by atoms with E-state index in [-0.39, 0.29) is 11.0 Å². The van der Waals surface area contributed by atoms with Gasteiger partial charge in [-0.2, -0.15) is 0 Å². The molecule has 8 heteroatoms. The molecule has 2 N–H and O–H groups in total. The third kappa shape index (κ3) is 3.62. The van der Waals surface area contributed by atoms with Gasteiger partial charge in [-0.25, -0.2) is 4.72 Å². The Morgan fingerprint density at radius 2 is 2.16 bits per heavy atom. The van der Waals surface area contributed by atoms with Gasteiger partial charge in [-0.15, -0.1) is 0 Å². The molecule has 0 radical (unpaired) electrons. The second-order valence-corrected chi connectivity index (χ2v) is 7.20. The summed E-state index contributed by atoms with van der Waals surface area (Å²) in [7, 11) is -2.22. The van der Waals surface area contributed by atoms with Gasteiger partial charge in [-0.1, -0.05) is 0 Å². The first-order chi connectivity index (χ1) is 8.87. The smallest absolute Gasteiger partial charge is 0.230 e. The van der Waals surface area contributed by atoms with Crippen LogP contribution in [0.25, 0.3) is 11.2 Å². The zero-order valence-corrected chi connectivity index (χ0v) is 12.6. The molecule has 104 valence electrons. The molecule has 0 bridgehead atoms. The monoisotopic (exact) mass is 348 g/mol. The zero-order chi connectivity index (χ0) is 14.0. The van der Waals surface area contributed by atoms with Crippen LogP contribution in [0.15, 0.2) is 30.4 Å². The maximum absolute atomic E-state index is 11.7. The highest BCUT2D eigenvalue weighted by atomic mass is 79.9. The number of anilines is 1. The summed E-state index contributed by atoms with van der Waals surface area (Å²) in [5.74, 6) is 3.80. The molecule has 0 aliphatic rings. The SMILES string of the molecule is C=S(C)(=O)NCCNc1cc(=O)c2occ(Br)c2o1. The van der Waals surface area contributed by atoms with E-state index in [1.54, 1.807) is 0 Å². The molecule has 2 aromatic heterocycles. The van der Waals surface area contributed by atoms with Gasteiger partial charge in [0.25, 0.3) is 0 Å². The molecule has 2 heterocycles. The summed E-state index contributed by atoms with van der Waals surface area (Å²) in [5.41, 5.74) is 0.267. The molecule has 0 aromatic carbocycles. The molecular formula is C11H13BrN2O4S. The maximum Gasteiger partial charge on any atom is 0.230 e. The Hall–Kier alpha value is -1.25. The van der Waals surface area contributed by atoms with Crippen molar-refractivity contribution in [1.29, 1.82) is 0 Å². The molecule has 0 saturated heterocycles. The summed E-state index contributed by atoms with van der Waals surface area (Å²) in [5, 5.41) is 2.92. The summed E-state index contributed by atoms with van der Waals surface area (Å²) in [6, 6.07) is 1.31. The molecule has 0 spiro atoms. The first kappa shape index (κ1) is 14.2. The molecule has 2 aromatic rings. The number of fused-ring (bicyclic) bond motifs is 1. The molecule has 19 heavy (non-hydrogen) atoms. The highest BCUT2D eigenvalue weighted by Crippen LogP contribution is 2.25. The Bertz CT molecular complexity index is 748. The van der Waals surface area contributed by atoms with Gasteiger partial charge >= 0.3 is 0 Å². The molecule has 2 rings (SSSR count). The highest BCUT2D eigenvalue weighted by molar-refractivity contribution is 9.10. The van der Waals surface area contributed by atoms with Crippen LogP contribution in [0.1, 0.15) is 0 Å². The Labute approximate surface area is 118 Å². The summed E-state index contributed by atoms with van der Waals surface area (Å²) in [6.07, 6.45) is 2.91. The molecule has 1 atom stereocenters.